The third-order valence-electron chi connectivity index (χ3n) is 2.23. The van der Waals surface area contributed by atoms with Crippen molar-refractivity contribution in [3.8, 4) is 5.75 Å². The van der Waals surface area contributed by atoms with Crippen LogP contribution in [0, 0.1) is 6.92 Å². The van der Waals surface area contributed by atoms with Gasteiger partial charge in [0.1, 0.15) is 5.75 Å². The standard InChI is InChI=1S/C12H14O3/c1-4-15-11-6-5-10(7-13)12(8(11)2)9(3)14/h5-7H,4H2,1-3H3. The van der Waals surface area contributed by atoms with Gasteiger partial charge in [-0.15, -0.1) is 0 Å². The van der Waals surface area contributed by atoms with E-state index in [2.05, 4.69) is 0 Å². The summed E-state index contributed by atoms with van der Waals surface area (Å²) in [5.74, 6) is 0.546. The molecule has 0 saturated heterocycles. The molecule has 0 saturated carbocycles. The molecular formula is C12H14O3. The SMILES string of the molecule is CCOc1ccc(C=O)c(C(C)=O)c1C. The fourth-order valence-corrected chi connectivity index (χ4v) is 1.59. The molecule has 0 aliphatic carbocycles. The molecular weight excluding hydrogens is 192 g/mol. The molecule has 15 heavy (non-hydrogen) atoms. The molecule has 0 spiro atoms. The highest BCUT2D eigenvalue weighted by atomic mass is 16.5. The lowest BCUT2D eigenvalue weighted by Gasteiger charge is -2.11. The molecule has 0 aliphatic rings. The van der Waals surface area contributed by atoms with Crippen molar-refractivity contribution in [3.05, 3.63) is 28.8 Å². The van der Waals surface area contributed by atoms with Gasteiger partial charge < -0.3 is 4.74 Å². The fraction of sp³-hybridized carbons (Fsp3) is 0.333. The zero-order chi connectivity index (χ0) is 11.4. The maximum absolute atomic E-state index is 11.4. The Morgan fingerprint density at radius 3 is 2.60 bits per heavy atom. The average molecular weight is 206 g/mol. The van der Waals surface area contributed by atoms with Gasteiger partial charge in [-0.2, -0.15) is 0 Å². The molecule has 0 fully saturated rings. The normalized spacial score (nSPS) is 9.80. The lowest BCUT2D eigenvalue weighted by molar-refractivity contribution is 0.100. The first-order chi connectivity index (χ1) is 7.11. The van der Waals surface area contributed by atoms with Crippen molar-refractivity contribution < 1.29 is 14.3 Å². The summed E-state index contributed by atoms with van der Waals surface area (Å²) < 4.78 is 5.36. The lowest BCUT2D eigenvalue weighted by atomic mass is 9.99. The van der Waals surface area contributed by atoms with Gasteiger partial charge in [0.2, 0.25) is 0 Å². The van der Waals surface area contributed by atoms with Gasteiger partial charge in [0.15, 0.2) is 12.1 Å². The van der Waals surface area contributed by atoms with Gasteiger partial charge in [-0.1, -0.05) is 0 Å². The Morgan fingerprint density at radius 2 is 2.13 bits per heavy atom. The number of ether oxygens (including phenoxy) is 1. The van der Waals surface area contributed by atoms with Crippen LogP contribution in [0.5, 0.6) is 5.75 Å². The van der Waals surface area contributed by atoms with E-state index < -0.39 is 0 Å². The molecule has 3 heteroatoms. The van der Waals surface area contributed by atoms with Crippen LogP contribution >= 0.6 is 0 Å². The number of aldehydes is 1. The van der Waals surface area contributed by atoms with Crippen LogP contribution in [0.3, 0.4) is 0 Å². The smallest absolute Gasteiger partial charge is 0.160 e. The summed E-state index contributed by atoms with van der Waals surface area (Å²) >= 11 is 0. The molecule has 0 radical (unpaired) electrons. The van der Waals surface area contributed by atoms with Crippen LogP contribution in [0.4, 0.5) is 0 Å². The molecule has 0 atom stereocenters. The van der Waals surface area contributed by atoms with Crippen molar-refractivity contribution >= 4 is 12.1 Å². The number of hydrogen-bond donors (Lipinski definition) is 0. The number of rotatable bonds is 4. The molecule has 0 aromatic heterocycles. The van der Waals surface area contributed by atoms with E-state index >= 15 is 0 Å². The highest BCUT2D eigenvalue weighted by molar-refractivity contribution is 6.03. The van der Waals surface area contributed by atoms with Crippen LogP contribution in [-0.4, -0.2) is 18.7 Å². The second-order valence-corrected chi connectivity index (χ2v) is 3.26. The summed E-state index contributed by atoms with van der Waals surface area (Å²) in [6, 6.07) is 3.33. The number of carbonyl (C=O) groups is 2. The lowest BCUT2D eigenvalue weighted by Crippen LogP contribution is -2.05. The Hall–Kier alpha value is -1.64. The molecule has 0 aliphatic heterocycles. The quantitative estimate of drug-likeness (QED) is 0.561. The van der Waals surface area contributed by atoms with Gasteiger partial charge in [0.25, 0.3) is 0 Å². The van der Waals surface area contributed by atoms with Gasteiger partial charge >= 0.3 is 0 Å². The van der Waals surface area contributed by atoms with Crippen molar-refractivity contribution in [2.75, 3.05) is 6.61 Å². The van der Waals surface area contributed by atoms with Crippen molar-refractivity contribution in [2.24, 2.45) is 0 Å². The minimum absolute atomic E-state index is 0.115. The minimum Gasteiger partial charge on any atom is -0.494 e. The molecule has 1 aromatic carbocycles. The number of carbonyl (C=O) groups excluding carboxylic acids is 2. The van der Waals surface area contributed by atoms with Crippen LogP contribution in [-0.2, 0) is 0 Å². The topological polar surface area (TPSA) is 43.4 Å². The van der Waals surface area contributed by atoms with Crippen LogP contribution in [0.1, 0.15) is 40.1 Å². The highest BCUT2D eigenvalue weighted by Gasteiger charge is 2.13. The van der Waals surface area contributed by atoms with Crippen LogP contribution in [0.15, 0.2) is 12.1 Å². The summed E-state index contributed by atoms with van der Waals surface area (Å²) in [6.07, 6.45) is 0.694. The maximum atomic E-state index is 11.4. The van der Waals surface area contributed by atoms with E-state index in [4.69, 9.17) is 4.74 Å². The second-order valence-electron chi connectivity index (χ2n) is 3.26. The van der Waals surface area contributed by atoms with Gasteiger partial charge in [-0.05, 0) is 32.9 Å². The first kappa shape index (κ1) is 11.4. The number of ketones is 1. The molecule has 0 amide bonds. The van der Waals surface area contributed by atoms with E-state index in [0.29, 0.717) is 29.8 Å². The molecule has 1 aromatic rings. The zero-order valence-corrected chi connectivity index (χ0v) is 9.16. The third-order valence-corrected chi connectivity index (χ3v) is 2.23. The Labute approximate surface area is 89.1 Å². The molecule has 0 N–H and O–H groups in total. The maximum Gasteiger partial charge on any atom is 0.160 e. The molecule has 1 rings (SSSR count). The Bertz CT molecular complexity index is 394. The largest absolute Gasteiger partial charge is 0.494 e. The van der Waals surface area contributed by atoms with Crippen molar-refractivity contribution in [1.82, 2.24) is 0 Å². The summed E-state index contributed by atoms with van der Waals surface area (Å²) in [5, 5.41) is 0. The van der Waals surface area contributed by atoms with E-state index in [1.54, 1.807) is 19.1 Å². The van der Waals surface area contributed by atoms with E-state index in [9.17, 15) is 9.59 Å². The van der Waals surface area contributed by atoms with Gasteiger partial charge in [0.05, 0.1) is 6.61 Å². The van der Waals surface area contributed by atoms with Crippen LogP contribution in [0.2, 0.25) is 0 Å². The monoisotopic (exact) mass is 206 g/mol. The fourth-order valence-electron chi connectivity index (χ4n) is 1.59. The van der Waals surface area contributed by atoms with E-state index in [-0.39, 0.29) is 5.78 Å². The van der Waals surface area contributed by atoms with Gasteiger partial charge in [-0.3, -0.25) is 9.59 Å². The highest BCUT2D eigenvalue weighted by Crippen LogP contribution is 2.24. The minimum atomic E-state index is -0.115. The Kier molecular flexibility index (Phi) is 3.61. The molecule has 0 heterocycles. The molecule has 3 nitrogen and oxygen atoms in total. The summed E-state index contributed by atoms with van der Waals surface area (Å²) in [6.45, 7) is 5.65. The van der Waals surface area contributed by atoms with Crippen LogP contribution < -0.4 is 4.74 Å². The Morgan fingerprint density at radius 1 is 1.47 bits per heavy atom. The first-order valence-electron chi connectivity index (χ1n) is 4.84. The zero-order valence-electron chi connectivity index (χ0n) is 9.16. The summed E-state index contributed by atoms with van der Waals surface area (Å²) in [4.78, 5) is 22.1. The van der Waals surface area contributed by atoms with Crippen LogP contribution in [0.25, 0.3) is 0 Å². The Balaban J connectivity index is 3.35. The third kappa shape index (κ3) is 2.24. The second kappa shape index (κ2) is 4.73. The van der Waals surface area contributed by atoms with Crippen molar-refractivity contribution in [2.45, 2.75) is 20.8 Å². The molecule has 0 unspecified atom stereocenters. The van der Waals surface area contributed by atoms with E-state index in [1.807, 2.05) is 6.92 Å². The average Bonchev–Trinajstić information content (AvgIpc) is 2.20. The molecule has 80 valence electrons. The number of hydrogen-bond acceptors (Lipinski definition) is 3. The number of benzene rings is 1. The van der Waals surface area contributed by atoms with Gasteiger partial charge in [-0.25, -0.2) is 0 Å². The van der Waals surface area contributed by atoms with E-state index in [1.165, 1.54) is 6.92 Å². The van der Waals surface area contributed by atoms with E-state index in [0.717, 1.165) is 5.56 Å². The summed E-state index contributed by atoms with van der Waals surface area (Å²) in [7, 11) is 0. The van der Waals surface area contributed by atoms with Gasteiger partial charge in [0, 0.05) is 16.7 Å². The van der Waals surface area contributed by atoms with Crippen molar-refractivity contribution in [3.63, 3.8) is 0 Å². The summed E-state index contributed by atoms with van der Waals surface area (Å²) in [5.41, 5.74) is 1.60. The number of Topliss-reactive ketones (excluding diaryl/α,β-unsaturated/α-hetero) is 1. The van der Waals surface area contributed by atoms with Crippen molar-refractivity contribution in [1.29, 1.82) is 0 Å². The predicted octanol–water partition coefficient (Wildman–Crippen LogP) is 2.41. The first-order valence-corrected chi connectivity index (χ1v) is 4.84. The predicted molar refractivity (Wildman–Crippen MR) is 57.7 cm³/mol. The molecule has 0 bridgehead atoms.